The van der Waals surface area contributed by atoms with Gasteiger partial charge in [0.1, 0.15) is 11.8 Å². The molecule has 150 valence electrons. The Morgan fingerprint density at radius 1 is 1.21 bits per heavy atom. The topological polar surface area (TPSA) is 61.6 Å². The average molecular weight is 386 g/mol. The number of nitrogens with one attached hydrogen (secondary N) is 1. The molecule has 0 bridgehead atoms. The predicted octanol–water partition coefficient (Wildman–Crippen LogP) is 1.54. The summed E-state index contributed by atoms with van der Waals surface area (Å²) in [4.78, 5) is 1.36. The van der Waals surface area contributed by atoms with Crippen molar-refractivity contribution in [2.45, 2.75) is 31.4 Å². The number of hydrogen-bond donors (Lipinski definition) is 2. The third kappa shape index (κ3) is 3.38. The number of para-hydroxylation sites is 1. The number of rotatable bonds is 6. The Balaban J connectivity index is 1.62. The van der Waals surface area contributed by atoms with Crippen LogP contribution in [0.1, 0.15) is 29.2 Å². The van der Waals surface area contributed by atoms with Gasteiger partial charge in [0, 0.05) is 19.3 Å². The highest BCUT2D eigenvalue weighted by Gasteiger charge is 2.37. The highest BCUT2D eigenvalue weighted by Crippen LogP contribution is 2.48. The maximum absolute atomic E-state index is 10.9. The Morgan fingerprint density at radius 3 is 2.82 bits per heavy atom. The molecule has 3 atom stereocenters. The Hall–Kier alpha value is -2.44. The number of aliphatic hydroxyl groups is 1. The van der Waals surface area contributed by atoms with Gasteiger partial charge < -0.3 is 29.0 Å². The van der Waals surface area contributed by atoms with E-state index in [1.165, 1.54) is 10.5 Å². The number of fused-ring (bicyclic) bond motifs is 2. The first-order valence-corrected chi connectivity index (χ1v) is 9.74. The summed E-state index contributed by atoms with van der Waals surface area (Å²) in [5.74, 6) is 2.99. The summed E-state index contributed by atoms with van der Waals surface area (Å²) in [6.45, 7) is 1.22. The van der Waals surface area contributed by atoms with Crippen LogP contribution in [0.5, 0.6) is 23.0 Å². The van der Waals surface area contributed by atoms with Crippen molar-refractivity contribution in [3.05, 3.63) is 47.0 Å². The summed E-state index contributed by atoms with van der Waals surface area (Å²) in [5, 5.41) is 10.9. The number of aliphatic hydroxyl groups excluding tert-OH is 1. The van der Waals surface area contributed by atoms with Crippen LogP contribution >= 0.6 is 0 Å². The van der Waals surface area contributed by atoms with Crippen molar-refractivity contribution in [3.63, 3.8) is 0 Å². The smallest absolute Gasteiger partial charge is 0.231 e. The fraction of sp³-hybridized carbons (Fsp3) is 0.455. The molecule has 2 aliphatic rings. The van der Waals surface area contributed by atoms with Crippen LogP contribution in [0.15, 0.2) is 30.3 Å². The van der Waals surface area contributed by atoms with Crippen LogP contribution in [0.2, 0.25) is 0 Å². The van der Waals surface area contributed by atoms with Gasteiger partial charge in [0.05, 0.1) is 39.5 Å². The SMILES string of the molecule is COc1ccccc1C[C@H](O)C[C@@H]1c2c(cc3c(c2OC)OCO3)CC[NH+]1C. The van der Waals surface area contributed by atoms with Crippen molar-refractivity contribution in [3.8, 4) is 23.0 Å². The Labute approximate surface area is 165 Å². The molecule has 0 radical (unpaired) electrons. The summed E-state index contributed by atoms with van der Waals surface area (Å²) in [6, 6.07) is 10.1. The molecule has 4 rings (SSSR count). The molecular formula is C22H28NO5+. The largest absolute Gasteiger partial charge is 0.496 e. The summed E-state index contributed by atoms with van der Waals surface area (Å²) >= 11 is 0. The van der Waals surface area contributed by atoms with Gasteiger partial charge in [0.2, 0.25) is 12.5 Å². The number of benzene rings is 2. The van der Waals surface area contributed by atoms with Crippen LogP contribution in [0.4, 0.5) is 0 Å². The zero-order chi connectivity index (χ0) is 19.7. The van der Waals surface area contributed by atoms with E-state index in [1.807, 2.05) is 24.3 Å². The fourth-order valence-electron chi connectivity index (χ4n) is 4.42. The molecule has 6 heteroatoms. The van der Waals surface area contributed by atoms with Crippen LogP contribution in [0.25, 0.3) is 0 Å². The quantitative estimate of drug-likeness (QED) is 0.789. The van der Waals surface area contributed by atoms with Gasteiger partial charge in [0.25, 0.3) is 0 Å². The average Bonchev–Trinajstić information content (AvgIpc) is 3.17. The van der Waals surface area contributed by atoms with Crippen molar-refractivity contribution in [1.29, 1.82) is 0 Å². The van der Waals surface area contributed by atoms with Gasteiger partial charge in [-0.1, -0.05) is 18.2 Å². The normalized spacial score (nSPS) is 21.1. The van der Waals surface area contributed by atoms with Crippen LogP contribution in [0.3, 0.4) is 0 Å². The van der Waals surface area contributed by atoms with E-state index in [1.54, 1.807) is 14.2 Å². The number of ether oxygens (including phenoxy) is 4. The van der Waals surface area contributed by atoms with E-state index in [-0.39, 0.29) is 12.8 Å². The first-order chi connectivity index (χ1) is 13.6. The molecule has 0 saturated heterocycles. The van der Waals surface area contributed by atoms with Gasteiger partial charge in [-0.25, -0.2) is 0 Å². The Bertz CT molecular complexity index is 853. The minimum absolute atomic E-state index is 0.123. The van der Waals surface area contributed by atoms with E-state index < -0.39 is 6.10 Å². The maximum atomic E-state index is 10.9. The molecule has 2 aromatic carbocycles. The van der Waals surface area contributed by atoms with Crippen LogP contribution < -0.4 is 23.8 Å². The predicted molar refractivity (Wildman–Crippen MR) is 105 cm³/mol. The van der Waals surface area contributed by atoms with E-state index in [0.29, 0.717) is 18.6 Å². The van der Waals surface area contributed by atoms with Gasteiger partial charge >= 0.3 is 0 Å². The maximum Gasteiger partial charge on any atom is 0.231 e. The molecule has 1 unspecified atom stereocenters. The summed E-state index contributed by atoms with van der Waals surface area (Å²) < 4.78 is 22.4. The molecule has 2 N–H and O–H groups in total. The molecule has 0 amide bonds. The standard InChI is InChI=1S/C22H27NO5/c1-23-9-8-15-11-19-21(28-13-27-19)22(26-3)20(15)17(23)12-16(24)10-14-6-4-5-7-18(14)25-2/h4-7,11,16-17,24H,8-10,12-13H2,1-3H3/p+1/t16-,17+/m0/s1. The second-order valence-corrected chi connectivity index (χ2v) is 7.52. The van der Waals surface area contributed by atoms with E-state index in [0.717, 1.165) is 41.3 Å². The molecule has 2 aromatic rings. The van der Waals surface area contributed by atoms with Gasteiger partial charge in [-0.2, -0.15) is 0 Å². The highest BCUT2D eigenvalue weighted by molar-refractivity contribution is 5.61. The molecule has 2 aliphatic heterocycles. The van der Waals surface area contributed by atoms with Crippen molar-refractivity contribution in [2.24, 2.45) is 0 Å². The third-order valence-electron chi connectivity index (χ3n) is 5.84. The van der Waals surface area contributed by atoms with Crippen LogP contribution in [-0.2, 0) is 12.8 Å². The highest BCUT2D eigenvalue weighted by atomic mass is 16.7. The zero-order valence-electron chi connectivity index (χ0n) is 16.7. The molecule has 0 saturated carbocycles. The molecular weight excluding hydrogens is 358 g/mol. The second kappa shape index (κ2) is 7.89. The lowest BCUT2D eigenvalue weighted by atomic mass is 9.87. The Kier molecular flexibility index (Phi) is 5.33. The summed E-state index contributed by atoms with van der Waals surface area (Å²) in [7, 11) is 5.51. The first kappa shape index (κ1) is 18.9. The Morgan fingerprint density at radius 2 is 2.04 bits per heavy atom. The molecule has 6 nitrogen and oxygen atoms in total. The van der Waals surface area contributed by atoms with Gasteiger partial charge in [-0.05, 0) is 23.3 Å². The number of likely N-dealkylation sites (N-methyl/N-ethyl adjacent to an activating group) is 1. The fourth-order valence-corrected chi connectivity index (χ4v) is 4.42. The molecule has 0 aliphatic carbocycles. The summed E-state index contributed by atoms with van der Waals surface area (Å²) in [6.07, 6.45) is 1.65. The molecule has 28 heavy (non-hydrogen) atoms. The van der Waals surface area contributed by atoms with E-state index in [2.05, 4.69) is 13.1 Å². The molecule has 0 fully saturated rings. The molecule has 0 spiro atoms. The van der Waals surface area contributed by atoms with E-state index in [4.69, 9.17) is 18.9 Å². The van der Waals surface area contributed by atoms with Crippen molar-refractivity contribution >= 4 is 0 Å². The second-order valence-electron chi connectivity index (χ2n) is 7.52. The lowest BCUT2D eigenvalue weighted by molar-refractivity contribution is -0.915. The van der Waals surface area contributed by atoms with Crippen molar-refractivity contribution in [1.82, 2.24) is 0 Å². The number of quaternary nitrogens is 1. The summed E-state index contributed by atoms with van der Waals surface area (Å²) in [5.41, 5.74) is 3.37. The van der Waals surface area contributed by atoms with E-state index >= 15 is 0 Å². The first-order valence-electron chi connectivity index (χ1n) is 9.74. The monoisotopic (exact) mass is 386 g/mol. The molecule has 0 aromatic heterocycles. The van der Waals surface area contributed by atoms with Crippen LogP contribution in [0, 0.1) is 0 Å². The number of methoxy groups -OCH3 is 2. The number of hydrogen-bond acceptors (Lipinski definition) is 5. The zero-order valence-corrected chi connectivity index (χ0v) is 16.7. The van der Waals surface area contributed by atoms with Crippen molar-refractivity contribution in [2.75, 3.05) is 34.6 Å². The third-order valence-corrected chi connectivity index (χ3v) is 5.84. The van der Waals surface area contributed by atoms with E-state index in [9.17, 15) is 5.11 Å². The van der Waals surface area contributed by atoms with Gasteiger partial charge in [0.15, 0.2) is 11.5 Å². The molecule has 2 heterocycles. The van der Waals surface area contributed by atoms with Crippen LogP contribution in [-0.4, -0.2) is 45.8 Å². The van der Waals surface area contributed by atoms with Gasteiger partial charge in [-0.15, -0.1) is 0 Å². The van der Waals surface area contributed by atoms with Crippen molar-refractivity contribution < 1.29 is 29.0 Å². The lowest BCUT2D eigenvalue weighted by Crippen LogP contribution is -3.10. The minimum atomic E-state index is -0.489. The lowest BCUT2D eigenvalue weighted by Gasteiger charge is -2.34. The van der Waals surface area contributed by atoms with Gasteiger partial charge in [-0.3, -0.25) is 0 Å². The minimum Gasteiger partial charge on any atom is -0.496 e.